The van der Waals surface area contributed by atoms with Gasteiger partial charge in [-0.15, -0.1) is 0 Å². The van der Waals surface area contributed by atoms with E-state index in [0.717, 1.165) is 18.6 Å². The topological polar surface area (TPSA) is 29.4 Å². The minimum atomic E-state index is -4.67. The van der Waals surface area contributed by atoms with E-state index in [1.54, 1.807) is 0 Å². The first-order valence-corrected chi connectivity index (χ1v) is 9.57. The predicted octanol–water partition coefficient (Wildman–Crippen LogP) is 6.02. The Morgan fingerprint density at radius 1 is 1.15 bits per heavy atom. The Hall–Kier alpha value is -1.45. The summed E-state index contributed by atoms with van der Waals surface area (Å²) >= 11 is 0. The van der Waals surface area contributed by atoms with Gasteiger partial charge in [-0.05, 0) is 49.8 Å². The van der Waals surface area contributed by atoms with Crippen LogP contribution in [0.5, 0.6) is 0 Å². The monoisotopic (exact) mass is 417 g/mol. The summed E-state index contributed by atoms with van der Waals surface area (Å²) in [5, 5.41) is 0. The number of aliphatic imine (C=N–C) groups is 1. The van der Waals surface area contributed by atoms with E-state index in [-0.39, 0.29) is 27.8 Å². The molecule has 1 aliphatic carbocycles. The fourth-order valence-corrected chi connectivity index (χ4v) is 3.83. The smallest absolute Gasteiger partial charge is 0.254 e. The van der Waals surface area contributed by atoms with Gasteiger partial charge < -0.3 is 0 Å². The van der Waals surface area contributed by atoms with Gasteiger partial charge in [0.25, 0.3) is 0 Å². The molecule has 2 nitrogen and oxygen atoms in total. The number of nitrogens with zero attached hydrogens (tertiary/aromatic N) is 1. The third-order valence-electron chi connectivity index (χ3n) is 4.29. The SMILES string of the molecule is Cc1cc(F)c(N=C(CCC(F)(F)F)C2CCC2)cc1S(=O)CC(F)(F)F. The lowest BCUT2D eigenvalue weighted by atomic mass is 9.80. The van der Waals surface area contributed by atoms with Gasteiger partial charge in [-0.3, -0.25) is 9.20 Å². The second-order valence-electron chi connectivity index (χ2n) is 6.52. The summed E-state index contributed by atoms with van der Waals surface area (Å²) in [6.07, 6.45) is -8.47. The third-order valence-corrected chi connectivity index (χ3v) is 5.81. The minimum Gasteiger partial charge on any atom is -0.254 e. The highest BCUT2D eigenvalue weighted by atomic mass is 32.2. The molecule has 0 amide bonds. The first kappa shape index (κ1) is 21.8. The van der Waals surface area contributed by atoms with Gasteiger partial charge >= 0.3 is 12.4 Å². The van der Waals surface area contributed by atoms with Gasteiger partial charge in [0.1, 0.15) is 11.6 Å². The molecule has 1 aromatic rings. The van der Waals surface area contributed by atoms with Gasteiger partial charge in [-0.1, -0.05) is 6.42 Å². The van der Waals surface area contributed by atoms with Gasteiger partial charge in [0.15, 0.2) is 0 Å². The van der Waals surface area contributed by atoms with Crippen molar-refractivity contribution in [2.75, 3.05) is 5.75 Å². The van der Waals surface area contributed by atoms with Gasteiger partial charge in [-0.2, -0.15) is 26.3 Å². The molecule has 0 bridgehead atoms. The quantitative estimate of drug-likeness (QED) is 0.411. The molecule has 27 heavy (non-hydrogen) atoms. The zero-order valence-corrected chi connectivity index (χ0v) is 15.2. The predicted molar refractivity (Wildman–Crippen MR) is 88.2 cm³/mol. The Morgan fingerprint density at radius 3 is 2.26 bits per heavy atom. The molecule has 0 radical (unpaired) electrons. The maximum atomic E-state index is 14.2. The third kappa shape index (κ3) is 6.58. The molecule has 2 rings (SSSR count). The zero-order valence-electron chi connectivity index (χ0n) is 14.4. The molecule has 152 valence electrons. The fourth-order valence-electron chi connectivity index (χ4n) is 2.72. The molecule has 0 spiro atoms. The van der Waals surface area contributed by atoms with E-state index in [1.807, 2.05) is 0 Å². The summed E-state index contributed by atoms with van der Waals surface area (Å²) in [5.41, 5.74) is -0.140. The van der Waals surface area contributed by atoms with Crippen LogP contribution in [0.1, 0.15) is 37.7 Å². The van der Waals surface area contributed by atoms with Crippen LogP contribution in [0.2, 0.25) is 0 Å². The number of rotatable bonds is 6. The molecule has 0 aliphatic heterocycles. The Bertz CT molecular complexity index is 736. The van der Waals surface area contributed by atoms with E-state index in [1.165, 1.54) is 6.92 Å². The van der Waals surface area contributed by atoms with E-state index in [9.17, 15) is 34.9 Å². The van der Waals surface area contributed by atoms with Crippen molar-refractivity contribution in [3.63, 3.8) is 0 Å². The fraction of sp³-hybridized carbons (Fsp3) is 0.588. The molecule has 0 N–H and O–H groups in total. The molecule has 1 saturated carbocycles. The van der Waals surface area contributed by atoms with Crippen LogP contribution < -0.4 is 0 Å². The Morgan fingerprint density at radius 2 is 1.78 bits per heavy atom. The first-order chi connectivity index (χ1) is 12.4. The van der Waals surface area contributed by atoms with Crippen LogP contribution in [-0.2, 0) is 10.8 Å². The highest BCUT2D eigenvalue weighted by molar-refractivity contribution is 7.85. The Labute approximate surface area is 154 Å². The van der Waals surface area contributed by atoms with Crippen molar-refractivity contribution >= 4 is 22.2 Å². The lowest BCUT2D eigenvalue weighted by Crippen LogP contribution is -2.24. The van der Waals surface area contributed by atoms with E-state index >= 15 is 0 Å². The average molecular weight is 417 g/mol. The largest absolute Gasteiger partial charge is 0.400 e. The van der Waals surface area contributed by atoms with E-state index in [4.69, 9.17) is 0 Å². The van der Waals surface area contributed by atoms with Gasteiger partial charge in [0, 0.05) is 17.0 Å². The Balaban J connectivity index is 2.35. The normalized spacial score (nSPS) is 17.7. The van der Waals surface area contributed by atoms with Gasteiger partial charge in [-0.25, -0.2) is 4.39 Å². The van der Waals surface area contributed by atoms with Crippen LogP contribution in [-0.4, -0.2) is 28.0 Å². The van der Waals surface area contributed by atoms with Crippen LogP contribution >= 0.6 is 0 Å². The van der Waals surface area contributed by atoms with Crippen LogP contribution in [0.15, 0.2) is 22.0 Å². The molecule has 0 heterocycles. The Kier molecular flexibility index (Phi) is 6.70. The van der Waals surface area contributed by atoms with Crippen molar-refractivity contribution in [3.05, 3.63) is 23.5 Å². The summed E-state index contributed by atoms with van der Waals surface area (Å²) in [6.45, 7) is 1.32. The molecule has 10 heteroatoms. The summed E-state index contributed by atoms with van der Waals surface area (Å²) in [7, 11) is -2.46. The molecule has 0 saturated heterocycles. The highest BCUT2D eigenvalue weighted by Crippen LogP contribution is 2.35. The lowest BCUT2D eigenvalue weighted by molar-refractivity contribution is -0.133. The van der Waals surface area contributed by atoms with Crippen LogP contribution in [0.4, 0.5) is 36.4 Å². The van der Waals surface area contributed by atoms with Crippen molar-refractivity contribution in [2.45, 2.75) is 56.3 Å². The molecular formula is C17H18F7NOS. The minimum absolute atomic E-state index is 0.0644. The first-order valence-electron chi connectivity index (χ1n) is 8.25. The molecule has 1 aliphatic rings. The van der Waals surface area contributed by atoms with Crippen molar-refractivity contribution in [2.24, 2.45) is 10.9 Å². The van der Waals surface area contributed by atoms with Crippen LogP contribution in [0.25, 0.3) is 0 Å². The number of alkyl halides is 6. The summed E-state index contributed by atoms with van der Waals surface area (Å²) in [5.74, 6) is -2.66. The van der Waals surface area contributed by atoms with Gasteiger partial charge in [0.2, 0.25) is 0 Å². The lowest BCUT2D eigenvalue weighted by Gasteiger charge is -2.27. The summed E-state index contributed by atoms with van der Waals surface area (Å²) < 4.78 is 101. The maximum Gasteiger partial charge on any atom is 0.400 e. The molecule has 1 fully saturated rings. The zero-order chi connectivity index (χ0) is 20.4. The number of hydrogen-bond acceptors (Lipinski definition) is 2. The van der Waals surface area contributed by atoms with E-state index < -0.39 is 47.6 Å². The highest BCUT2D eigenvalue weighted by Gasteiger charge is 2.33. The molecule has 1 unspecified atom stereocenters. The number of benzene rings is 1. The molecule has 1 atom stereocenters. The number of hydrogen-bond donors (Lipinski definition) is 0. The van der Waals surface area contributed by atoms with Crippen molar-refractivity contribution < 1.29 is 34.9 Å². The van der Waals surface area contributed by atoms with Crippen LogP contribution in [0.3, 0.4) is 0 Å². The second-order valence-corrected chi connectivity index (χ2v) is 7.94. The number of aryl methyl sites for hydroxylation is 1. The van der Waals surface area contributed by atoms with Crippen molar-refractivity contribution in [1.82, 2.24) is 0 Å². The number of halogens is 7. The van der Waals surface area contributed by atoms with Crippen molar-refractivity contribution in [3.8, 4) is 0 Å². The van der Waals surface area contributed by atoms with Crippen molar-refractivity contribution in [1.29, 1.82) is 0 Å². The van der Waals surface area contributed by atoms with Gasteiger partial charge in [0.05, 0.1) is 16.5 Å². The molecule has 0 aromatic heterocycles. The van der Waals surface area contributed by atoms with Crippen LogP contribution in [0, 0.1) is 18.7 Å². The van der Waals surface area contributed by atoms with E-state index in [0.29, 0.717) is 12.8 Å². The average Bonchev–Trinajstić information content (AvgIpc) is 2.42. The standard InChI is InChI=1S/C17H18F7NOS/c1-10-7-12(18)14(8-15(10)27(26)9-17(22,23)24)25-13(11-3-2-4-11)5-6-16(19,20)21/h7-8,11H,2-6,9H2,1H3. The second kappa shape index (κ2) is 8.28. The summed E-state index contributed by atoms with van der Waals surface area (Å²) in [6, 6.07) is 1.85. The van der Waals surface area contributed by atoms with E-state index in [2.05, 4.69) is 4.99 Å². The molecular weight excluding hydrogens is 399 g/mol. The maximum absolute atomic E-state index is 14.2. The molecule has 1 aromatic carbocycles. The summed E-state index contributed by atoms with van der Waals surface area (Å²) in [4.78, 5) is 3.76.